The largest absolute Gasteiger partial charge is 0.467 e. The number of amides is 2. The third-order valence-electron chi connectivity index (χ3n) is 2.24. The molecule has 1 fully saturated rings. The highest BCUT2D eigenvalue weighted by Gasteiger charge is 2.23. The molecule has 15 heavy (non-hydrogen) atoms. The lowest BCUT2D eigenvalue weighted by Crippen LogP contribution is -2.38. The molecule has 0 aromatic carbocycles. The smallest absolute Gasteiger partial charge is 0.315 e. The summed E-state index contributed by atoms with van der Waals surface area (Å²) >= 11 is 0. The second kappa shape index (κ2) is 4.35. The lowest BCUT2D eigenvalue weighted by molar-refractivity contribution is 0.148. The van der Waals surface area contributed by atoms with Crippen LogP contribution in [-0.2, 0) is 0 Å². The maximum absolute atomic E-state index is 11.2. The standard InChI is InChI=1S/C10H14N2O3/c13-8(9-2-1-5-15-9)6-11-10(14)12-7-3-4-7/h1-2,5,7-8,13H,3-4,6H2,(H2,11,12,14). The predicted molar refractivity (Wildman–Crippen MR) is 53.2 cm³/mol. The van der Waals surface area contributed by atoms with Gasteiger partial charge < -0.3 is 20.2 Å². The van der Waals surface area contributed by atoms with Crippen LogP contribution in [0.1, 0.15) is 24.7 Å². The average molecular weight is 210 g/mol. The minimum atomic E-state index is -0.787. The van der Waals surface area contributed by atoms with E-state index in [1.54, 1.807) is 12.1 Å². The number of carbonyl (C=O) groups excluding carboxylic acids is 1. The van der Waals surface area contributed by atoms with E-state index >= 15 is 0 Å². The molecule has 1 aliphatic rings. The molecular weight excluding hydrogens is 196 g/mol. The van der Waals surface area contributed by atoms with Crippen LogP contribution in [0.3, 0.4) is 0 Å². The number of nitrogens with one attached hydrogen (secondary N) is 2. The molecule has 5 nitrogen and oxygen atoms in total. The molecule has 2 rings (SSSR count). The van der Waals surface area contributed by atoms with Crippen LogP contribution in [0.4, 0.5) is 4.79 Å². The van der Waals surface area contributed by atoms with Crippen molar-refractivity contribution in [1.29, 1.82) is 0 Å². The lowest BCUT2D eigenvalue weighted by atomic mass is 10.3. The molecule has 1 saturated carbocycles. The molecule has 82 valence electrons. The molecule has 0 saturated heterocycles. The van der Waals surface area contributed by atoms with Crippen molar-refractivity contribution in [2.75, 3.05) is 6.54 Å². The molecule has 1 aromatic rings. The SMILES string of the molecule is O=C(NCC(O)c1ccco1)NC1CC1. The van der Waals surface area contributed by atoms with Crippen LogP contribution in [0.25, 0.3) is 0 Å². The Morgan fingerprint density at radius 3 is 3.07 bits per heavy atom. The van der Waals surface area contributed by atoms with Gasteiger partial charge in [-0.25, -0.2) is 4.79 Å². The van der Waals surface area contributed by atoms with Crippen LogP contribution in [0.2, 0.25) is 0 Å². The molecule has 3 N–H and O–H groups in total. The van der Waals surface area contributed by atoms with Crippen LogP contribution < -0.4 is 10.6 Å². The van der Waals surface area contributed by atoms with Crippen molar-refractivity contribution < 1.29 is 14.3 Å². The van der Waals surface area contributed by atoms with Gasteiger partial charge in [-0.15, -0.1) is 0 Å². The van der Waals surface area contributed by atoms with E-state index in [4.69, 9.17) is 4.42 Å². The van der Waals surface area contributed by atoms with Crippen molar-refractivity contribution in [3.63, 3.8) is 0 Å². The molecule has 5 heteroatoms. The van der Waals surface area contributed by atoms with Gasteiger partial charge in [0.05, 0.1) is 12.8 Å². The minimum Gasteiger partial charge on any atom is -0.467 e. The monoisotopic (exact) mass is 210 g/mol. The zero-order chi connectivity index (χ0) is 10.7. The topological polar surface area (TPSA) is 74.5 Å². The van der Waals surface area contributed by atoms with Gasteiger partial charge >= 0.3 is 6.03 Å². The maximum Gasteiger partial charge on any atom is 0.315 e. The Bertz CT molecular complexity index is 319. The van der Waals surface area contributed by atoms with Crippen LogP contribution >= 0.6 is 0 Å². The summed E-state index contributed by atoms with van der Waals surface area (Å²) in [6.45, 7) is 0.159. The van der Waals surface area contributed by atoms with Gasteiger partial charge in [-0.2, -0.15) is 0 Å². The third kappa shape index (κ3) is 2.99. The summed E-state index contributed by atoms with van der Waals surface area (Å²) in [4.78, 5) is 11.2. The van der Waals surface area contributed by atoms with E-state index in [1.165, 1.54) is 6.26 Å². The second-order valence-electron chi connectivity index (χ2n) is 3.66. The van der Waals surface area contributed by atoms with Gasteiger partial charge in [0.1, 0.15) is 11.9 Å². The van der Waals surface area contributed by atoms with E-state index in [1.807, 2.05) is 0 Å². The summed E-state index contributed by atoms with van der Waals surface area (Å²) in [6.07, 6.45) is 2.80. The summed E-state index contributed by atoms with van der Waals surface area (Å²) in [5.41, 5.74) is 0. The Balaban J connectivity index is 1.70. The highest BCUT2D eigenvalue weighted by atomic mass is 16.4. The fourth-order valence-electron chi connectivity index (χ4n) is 1.23. The minimum absolute atomic E-state index is 0.159. The number of hydrogen-bond acceptors (Lipinski definition) is 3. The molecule has 0 spiro atoms. The van der Waals surface area contributed by atoms with Gasteiger partial charge in [-0.3, -0.25) is 0 Å². The lowest BCUT2D eigenvalue weighted by Gasteiger charge is -2.09. The second-order valence-corrected chi connectivity index (χ2v) is 3.66. The molecule has 2 amide bonds. The van der Waals surface area contributed by atoms with Gasteiger partial charge in [0.25, 0.3) is 0 Å². The van der Waals surface area contributed by atoms with Crippen molar-refractivity contribution in [3.8, 4) is 0 Å². The van der Waals surface area contributed by atoms with Gasteiger partial charge in [0.2, 0.25) is 0 Å². The van der Waals surface area contributed by atoms with E-state index in [2.05, 4.69) is 10.6 Å². The predicted octanol–water partition coefficient (Wildman–Crippen LogP) is 0.775. The zero-order valence-electron chi connectivity index (χ0n) is 8.27. The first-order chi connectivity index (χ1) is 7.25. The number of aliphatic hydroxyl groups is 1. The number of urea groups is 1. The van der Waals surface area contributed by atoms with E-state index < -0.39 is 6.10 Å². The summed E-state index contributed by atoms with van der Waals surface area (Å²) in [6, 6.07) is 3.46. The highest BCUT2D eigenvalue weighted by molar-refractivity contribution is 5.74. The Labute approximate surface area is 87.5 Å². The highest BCUT2D eigenvalue weighted by Crippen LogP contribution is 2.18. The third-order valence-corrected chi connectivity index (χ3v) is 2.24. The summed E-state index contributed by atoms with van der Waals surface area (Å²) in [5, 5.41) is 14.9. The molecule has 1 unspecified atom stereocenters. The first-order valence-corrected chi connectivity index (χ1v) is 5.01. The van der Waals surface area contributed by atoms with E-state index in [9.17, 15) is 9.90 Å². The molecule has 1 aromatic heterocycles. The first-order valence-electron chi connectivity index (χ1n) is 5.01. The maximum atomic E-state index is 11.2. The Kier molecular flexibility index (Phi) is 2.91. The van der Waals surface area contributed by atoms with E-state index in [0.717, 1.165) is 12.8 Å². The first kappa shape index (κ1) is 10.0. The van der Waals surface area contributed by atoms with Gasteiger partial charge in [0, 0.05) is 6.04 Å². The molecule has 0 radical (unpaired) electrons. The van der Waals surface area contributed by atoms with Crippen molar-refractivity contribution in [1.82, 2.24) is 10.6 Å². The summed E-state index contributed by atoms with van der Waals surface area (Å²) in [5.74, 6) is 0.460. The van der Waals surface area contributed by atoms with E-state index in [-0.39, 0.29) is 12.6 Å². The van der Waals surface area contributed by atoms with Crippen LogP contribution in [-0.4, -0.2) is 23.7 Å². The molecule has 1 aliphatic carbocycles. The van der Waals surface area contributed by atoms with Crippen molar-refractivity contribution in [2.45, 2.75) is 25.0 Å². The summed E-state index contributed by atoms with van der Waals surface area (Å²) < 4.78 is 5.00. The molecular formula is C10H14N2O3. The number of aliphatic hydroxyl groups excluding tert-OH is 1. The zero-order valence-corrected chi connectivity index (χ0v) is 8.27. The van der Waals surface area contributed by atoms with Crippen molar-refractivity contribution in [2.24, 2.45) is 0 Å². The van der Waals surface area contributed by atoms with Crippen molar-refractivity contribution >= 4 is 6.03 Å². The Morgan fingerprint density at radius 2 is 2.47 bits per heavy atom. The van der Waals surface area contributed by atoms with E-state index in [0.29, 0.717) is 11.8 Å². The fraction of sp³-hybridized carbons (Fsp3) is 0.500. The number of carbonyl (C=O) groups is 1. The average Bonchev–Trinajstić information content (AvgIpc) is 2.86. The molecule has 0 bridgehead atoms. The van der Waals surface area contributed by atoms with Crippen LogP contribution in [0.5, 0.6) is 0 Å². The Hall–Kier alpha value is -1.49. The molecule has 0 aliphatic heterocycles. The van der Waals surface area contributed by atoms with Crippen molar-refractivity contribution in [3.05, 3.63) is 24.2 Å². The van der Waals surface area contributed by atoms with Gasteiger partial charge in [-0.05, 0) is 25.0 Å². The number of rotatable bonds is 4. The number of hydrogen-bond donors (Lipinski definition) is 3. The quantitative estimate of drug-likeness (QED) is 0.687. The summed E-state index contributed by atoms with van der Waals surface area (Å²) in [7, 11) is 0. The normalized spacial score (nSPS) is 17.1. The molecule has 1 atom stereocenters. The van der Waals surface area contributed by atoms with Gasteiger partial charge in [0.15, 0.2) is 0 Å². The number of furan rings is 1. The van der Waals surface area contributed by atoms with Gasteiger partial charge in [-0.1, -0.05) is 0 Å². The van der Waals surface area contributed by atoms with Crippen LogP contribution in [0.15, 0.2) is 22.8 Å². The fourth-order valence-corrected chi connectivity index (χ4v) is 1.23. The Morgan fingerprint density at radius 1 is 1.67 bits per heavy atom. The van der Waals surface area contributed by atoms with Crippen LogP contribution in [0, 0.1) is 0 Å². The molecule has 1 heterocycles.